The molecule has 2 aromatic carbocycles. The van der Waals surface area contributed by atoms with Crippen molar-refractivity contribution in [2.45, 2.75) is 6.04 Å². The number of pyridine rings is 1. The van der Waals surface area contributed by atoms with E-state index in [1.165, 1.54) is 0 Å². The van der Waals surface area contributed by atoms with Crippen LogP contribution in [-0.4, -0.2) is 49.0 Å². The summed E-state index contributed by atoms with van der Waals surface area (Å²) in [6.45, 7) is 0.407. The van der Waals surface area contributed by atoms with Gasteiger partial charge in [0.25, 0.3) is 5.91 Å². The molecule has 170 valence electrons. The summed E-state index contributed by atoms with van der Waals surface area (Å²) in [5.74, 6) is 1.13. The van der Waals surface area contributed by atoms with Crippen LogP contribution in [0.5, 0.6) is 5.75 Å². The third-order valence-electron chi connectivity index (χ3n) is 6.63. The minimum absolute atomic E-state index is 0.0915. The van der Waals surface area contributed by atoms with Crippen LogP contribution in [0.2, 0.25) is 0 Å². The molecule has 6 rings (SSSR count). The van der Waals surface area contributed by atoms with E-state index in [0.29, 0.717) is 18.0 Å². The number of fused-ring (bicyclic) bond motifs is 4. The minimum Gasteiger partial charge on any atom is -0.491 e. The van der Waals surface area contributed by atoms with E-state index >= 15 is 0 Å². The third kappa shape index (κ3) is 2.93. The molecule has 1 aliphatic rings. The molecule has 0 saturated carbocycles. The van der Waals surface area contributed by atoms with Gasteiger partial charge in [-0.15, -0.1) is 0 Å². The first-order chi connectivity index (χ1) is 16.4. The highest BCUT2D eigenvalue weighted by Gasteiger charge is 2.31. The van der Waals surface area contributed by atoms with E-state index in [1.54, 1.807) is 28.0 Å². The monoisotopic (exact) mass is 453 g/mol. The van der Waals surface area contributed by atoms with E-state index in [2.05, 4.69) is 15.2 Å². The molecule has 1 aliphatic heterocycles. The van der Waals surface area contributed by atoms with Crippen molar-refractivity contribution in [2.24, 2.45) is 14.1 Å². The molecule has 0 spiro atoms. The second-order valence-electron chi connectivity index (χ2n) is 8.59. The van der Waals surface area contributed by atoms with Crippen LogP contribution in [0.25, 0.3) is 33.1 Å². The number of ether oxygens (including phenoxy) is 1. The summed E-state index contributed by atoms with van der Waals surface area (Å²) in [6.07, 6.45) is 3.47. The van der Waals surface area contributed by atoms with Crippen LogP contribution in [0.3, 0.4) is 0 Å². The van der Waals surface area contributed by atoms with Crippen LogP contribution >= 0.6 is 0 Å². The maximum Gasteiger partial charge on any atom is 0.254 e. The molecule has 5 aromatic rings. The summed E-state index contributed by atoms with van der Waals surface area (Å²) in [5, 5.41) is 10.2. The Labute approximate surface area is 195 Å². The van der Waals surface area contributed by atoms with Crippen LogP contribution in [0.1, 0.15) is 22.0 Å². The number of hydrogen-bond donors (Lipinski definition) is 1. The standard InChI is InChI=1S/C25H23N7O2/c1-30(21-13-34-22-11-14(4-6-16(21)22)20-8-9-27-31(20)2)25(33)15-5-7-19-17(10-15)23-18(24(26)29-19)12-28-32(23)3/h4-12,21H,13H2,1-3H3,(H2,26,29)/t21-/m1/s1. The lowest BCUT2D eigenvalue weighted by molar-refractivity contribution is 0.0708. The molecule has 1 atom stereocenters. The predicted molar refractivity (Wildman–Crippen MR) is 129 cm³/mol. The zero-order valence-corrected chi connectivity index (χ0v) is 19.1. The lowest BCUT2D eigenvalue weighted by Crippen LogP contribution is -2.32. The number of benzene rings is 2. The number of carbonyl (C=O) groups excluding carboxylic acids is 1. The zero-order chi connectivity index (χ0) is 23.6. The molecule has 0 radical (unpaired) electrons. The van der Waals surface area contributed by atoms with Crippen LogP contribution in [-0.2, 0) is 14.1 Å². The third-order valence-corrected chi connectivity index (χ3v) is 6.63. The number of amides is 1. The quantitative estimate of drug-likeness (QED) is 0.449. The lowest BCUT2D eigenvalue weighted by Gasteiger charge is -2.24. The molecule has 0 aliphatic carbocycles. The maximum atomic E-state index is 13.5. The topological polar surface area (TPSA) is 104 Å². The Morgan fingerprint density at radius 1 is 1.09 bits per heavy atom. The van der Waals surface area contributed by atoms with Crippen LogP contribution < -0.4 is 10.5 Å². The molecule has 1 amide bonds. The van der Waals surface area contributed by atoms with Crippen molar-refractivity contribution in [3.8, 4) is 17.0 Å². The SMILES string of the molecule is CN(C(=O)c1ccc2nc(N)c3cnn(C)c3c2c1)[C@@H]1COc2cc(-c3ccnn3C)ccc21. The van der Waals surface area contributed by atoms with E-state index in [1.807, 2.05) is 62.2 Å². The average molecular weight is 454 g/mol. The van der Waals surface area contributed by atoms with Crippen molar-refractivity contribution in [3.63, 3.8) is 0 Å². The highest BCUT2D eigenvalue weighted by molar-refractivity contribution is 6.10. The van der Waals surface area contributed by atoms with Gasteiger partial charge in [0, 0.05) is 49.4 Å². The number of aromatic nitrogens is 5. The Morgan fingerprint density at radius 2 is 1.94 bits per heavy atom. The smallest absolute Gasteiger partial charge is 0.254 e. The van der Waals surface area contributed by atoms with Crippen molar-refractivity contribution >= 4 is 33.5 Å². The molecule has 0 fully saturated rings. The van der Waals surface area contributed by atoms with Gasteiger partial charge in [-0.3, -0.25) is 14.2 Å². The molecule has 4 heterocycles. The summed E-state index contributed by atoms with van der Waals surface area (Å²) in [6, 6.07) is 13.4. The van der Waals surface area contributed by atoms with Gasteiger partial charge in [0.05, 0.1) is 34.4 Å². The predicted octanol–water partition coefficient (Wildman–Crippen LogP) is 3.31. The first kappa shape index (κ1) is 20.2. The van der Waals surface area contributed by atoms with Gasteiger partial charge in [0.15, 0.2) is 0 Å². The summed E-state index contributed by atoms with van der Waals surface area (Å²) in [5.41, 5.74) is 11.3. The molecule has 0 unspecified atom stereocenters. The molecule has 9 nitrogen and oxygen atoms in total. The molecule has 9 heteroatoms. The Bertz CT molecular complexity index is 1600. The first-order valence-corrected chi connectivity index (χ1v) is 11.0. The fraction of sp³-hybridized carbons (Fsp3) is 0.200. The second-order valence-corrected chi connectivity index (χ2v) is 8.59. The molecule has 0 saturated heterocycles. The number of rotatable bonds is 3. The van der Waals surface area contributed by atoms with Crippen molar-refractivity contribution in [2.75, 3.05) is 19.4 Å². The van der Waals surface area contributed by atoms with Gasteiger partial charge >= 0.3 is 0 Å². The van der Waals surface area contributed by atoms with Gasteiger partial charge in [-0.2, -0.15) is 10.2 Å². The molecular formula is C25H23N7O2. The Balaban J connectivity index is 1.34. The summed E-state index contributed by atoms with van der Waals surface area (Å²) in [7, 11) is 5.57. The number of likely N-dealkylation sites (N-methyl/N-ethyl adjacent to an activating group) is 1. The summed E-state index contributed by atoms with van der Waals surface area (Å²) < 4.78 is 9.57. The lowest BCUT2D eigenvalue weighted by atomic mass is 10.0. The van der Waals surface area contributed by atoms with E-state index < -0.39 is 0 Å². The van der Waals surface area contributed by atoms with Gasteiger partial charge in [-0.25, -0.2) is 4.98 Å². The number of nitrogens with two attached hydrogens (primary N) is 1. The van der Waals surface area contributed by atoms with Gasteiger partial charge in [0.1, 0.15) is 18.2 Å². The number of carbonyl (C=O) groups is 1. The highest BCUT2D eigenvalue weighted by atomic mass is 16.5. The maximum absolute atomic E-state index is 13.5. The van der Waals surface area contributed by atoms with E-state index in [-0.39, 0.29) is 11.9 Å². The van der Waals surface area contributed by atoms with Crippen molar-refractivity contribution < 1.29 is 9.53 Å². The molecule has 0 bridgehead atoms. The van der Waals surface area contributed by atoms with E-state index in [4.69, 9.17) is 10.5 Å². The number of hydrogen-bond acceptors (Lipinski definition) is 6. The number of anilines is 1. The molecule has 34 heavy (non-hydrogen) atoms. The van der Waals surface area contributed by atoms with Crippen LogP contribution in [0.4, 0.5) is 5.82 Å². The normalized spacial score (nSPS) is 15.0. The molecule has 3 aromatic heterocycles. The first-order valence-electron chi connectivity index (χ1n) is 11.0. The largest absolute Gasteiger partial charge is 0.491 e. The number of aryl methyl sites for hydroxylation is 2. The van der Waals surface area contributed by atoms with Crippen molar-refractivity contribution in [3.05, 3.63) is 66.0 Å². The van der Waals surface area contributed by atoms with Gasteiger partial charge in [-0.1, -0.05) is 12.1 Å². The molecular weight excluding hydrogens is 430 g/mol. The van der Waals surface area contributed by atoms with Crippen molar-refractivity contribution in [1.29, 1.82) is 0 Å². The number of nitrogen functional groups attached to an aromatic ring is 1. The Kier molecular flexibility index (Phi) is 4.35. The minimum atomic E-state index is -0.181. The zero-order valence-electron chi connectivity index (χ0n) is 19.1. The fourth-order valence-corrected chi connectivity index (χ4v) is 4.77. The highest BCUT2D eigenvalue weighted by Crippen LogP contribution is 2.39. The summed E-state index contributed by atoms with van der Waals surface area (Å²) >= 11 is 0. The second kappa shape index (κ2) is 7.31. The fourth-order valence-electron chi connectivity index (χ4n) is 4.77. The van der Waals surface area contributed by atoms with E-state index in [9.17, 15) is 4.79 Å². The van der Waals surface area contributed by atoms with Crippen LogP contribution in [0, 0.1) is 0 Å². The van der Waals surface area contributed by atoms with Gasteiger partial charge < -0.3 is 15.4 Å². The Hall–Kier alpha value is -4.40. The Morgan fingerprint density at radius 3 is 2.74 bits per heavy atom. The van der Waals surface area contributed by atoms with Crippen molar-refractivity contribution in [1.82, 2.24) is 29.4 Å². The van der Waals surface area contributed by atoms with Gasteiger partial charge in [0.2, 0.25) is 0 Å². The van der Waals surface area contributed by atoms with Crippen LogP contribution in [0.15, 0.2) is 54.9 Å². The number of nitrogens with zero attached hydrogens (tertiary/aromatic N) is 6. The van der Waals surface area contributed by atoms with E-state index in [0.717, 1.165) is 44.4 Å². The average Bonchev–Trinajstić information content (AvgIpc) is 3.56. The van der Waals surface area contributed by atoms with Gasteiger partial charge in [-0.05, 0) is 30.3 Å². The summed E-state index contributed by atoms with van der Waals surface area (Å²) in [4.78, 5) is 19.7. The molecule has 2 N–H and O–H groups in total.